The van der Waals surface area contributed by atoms with Crippen molar-refractivity contribution in [2.45, 2.75) is 13.0 Å². The van der Waals surface area contributed by atoms with Crippen molar-refractivity contribution >= 4 is 28.7 Å². The lowest BCUT2D eigenvalue weighted by atomic mass is 10.2. The standard InChI is InChI=1S/C11H8BrF3N2O2S/c12-8-2-1-3-9(19-11(13,14)15)7(8)6-18-10-4-5-17(20)16-10/h1-5,20H,6H2. The molecule has 0 N–H and O–H groups in total. The molecular formula is C11H8BrF3N2O2S. The molecule has 0 spiro atoms. The van der Waals surface area contributed by atoms with Crippen LogP contribution in [0.15, 0.2) is 34.9 Å². The van der Waals surface area contributed by atoms with Crippen LogP contribution < -0.4 is 9.47 Å². The maximum atomic E-state index is 12.3. The lowest BCUT2D eigenvalue weighted by molar-refractivity contribution is -0.275. The Bertz CT molecular complexity index is 604. The summed E-state index contributed by atoms with van der Waals surface area (Å²) >= 11 is 7.09. The van der Waals surface area contributed by atoms with Crippen LogP contribution in [0.25, 0.3) is 0 Å². The molecule has 0 aliphatic rings. The third kappa shape index (κ3) is 4.07. The number of thiol groups is 1. The molecule has 20 heavy (non-hydrogen) atoms. The zero-order chi connectivity index (χ0) is 14.8. The maximum absolute atomic E-state index is 12.3. The lowest BCUT2D eigenvalue weighted by Crippen LogP contribution is -2.18. The number of benzene rings is 1. The Kier molecular flexibility index (Phi) is 4.48. The first-order valence-corrected chi connectivity index (χ1v) is 6.45. The summed E-state index contributed by atoms with van der Waals surface area (Å²) < 4.78 is 47.9. The van der Waals surface area contributed by atoms with Gasteiger partial charge in [-0.25, -0.2) is 4.09 Å². The second-order valence-electron chi connectivity index (χ2n) is 3.63. The molecule has 108 valence electrons. The van der Waals surface area contributed by atoms with Crippen LogP contribution in [0.1, 0.15) is 5.56 Å². The summed E-state index contributed by atoms with van der Waals surface area (Å²) in [5.41, 5.74) is 0.235. The third-order valence-corrected chi connectivity index (χ3v) is 3.18. The van der Waals surface area contributed by atoms with Crippen molar-refractivity contribution in [1.29, 1.82) is 0 Å². The van der Waals surface area contributed by atoms with E-state index < -0.39 is 6.36 Å². The molecule has 0 saturated carbocycles. The van der Waals surface area contributed by atoms with Crippen molar-refractivity contribution in [3.05, 3.63) is 40.5 Å². The van der Waals surface area contributed by atoms with Crippen LogP contribution >= 0.6 is 28.7 Å². The second kappa shape index (κ2) is 5.96. The zero-order valence-electron chi connectivity index (χ0n) is 9.76. The van der Waals surface area contributed by atoms with Gasteiger partial charge < -0.3 is 9.47 Å². The summed E-state index contributed by atoms with van der Waals surface area (Å²) in [6.45, 7) is -0.127. The minimum atomic E-state index is -4.76. The molecule has 1 heterocycles. The number of alkyl halides is 3. The fraction of sp³-hybridized carbons (Fsp3) is 0.182. The normalized spacial score (nSPS) is 11.4. The van der Waals surface area contributed by atoms with Crippen LogP contribution in [-0.2, 0) is 6.61 Å². The van der Waals surface area contributed by atoms with Gasteiger partial charge in [-0.1, -0.05) is 22.0 Å². The highest BCUT2D eigenvalue weighted by Crippen LogP contribution is 2.32. The van der Waals surface area contributed by atoms with Crippen molar-refractivity contribution in [1.82, 2.24) is 9.19 Å². The molecule has 0 radical (unpaired) electrons. The number of nitrogens with zero attached hydrogens (tertiary/aromatic N) is 2. The van der Waals surface area contributed by atoms with E-state index in [1.807, 2.05) is 0 Å². The average Bonchev–Trinajstić information content (AvgIpc) is 2.72. The van der Waals surface area contributed by atoms with E-state index in [-0.39, 0.29) is 23.8 Å². The van der Waals surface area contributed by atoms with E-state index in [0.29, 0.717) is 4.47 Å². The first-order valence-electron chi connectivity index (χ1n) is 5.26. The third-order valence-electron chi connectivity index (χ3n) is 2.22. The average molecular weight is 369 g/mol. The molecule has 2 rings (SSSR count). The first kappa shape index (κ1) is 15.0. The van der Waals surface area contributed by atoms with E-state index in [1.54, 1.807) is 6.07 Å². The molecule has 0 aliphatic heterocycles. The molecule has 0 unspecified atom stereocenters. The Balaban J connectivity index is 2.17. The van der Waals surface area contributed by atoms with Gasteiger partial charge in [0.15, 0.2) is 0 Å². The van der Waals surface area contributed by atoms with Gasteiger partial charge in [0.25, 0.3) is 0 Å². The summed E-state index contributed by atoms with van der Waals surface area (Å²) in [7, 11) is 0. The van der Waals surface area contributed by atoms with Gasteiger partial charge in [0.05, 0.1) is 0 Å². The van der Waals surface area contributed by atoms with E-state index in [9.17, 15) is 13.2 Å². The van der Waals surface area contributed by atoms with Crippen LogP contribution in [0.5, 0.6) is 11.6 Å². The molecular weight excluding hydrogens is 361 g/mol. The van der Waals surface area contributed by atoms with E-state index in [1.165, 1.54) is 28.5 Å². The largest absolute Gasteiger partial charge is 0.573 e. The predicted octanol–water partition coefficient (Wildman–Crippen LogP) is 3.82. The Labute approximate surface area is 126 Å². The topological polar surface area (TPSA) is 36.3 Å². The van der Waals surface area contributed by atoms with Crippen molar-refractivity contribution < 1.29 is 22.6 Å². The number of rotatable bonds is 4. The predicted molar refractivity (Wildman–Crippen MR) is 71.8 cm³/mol. The van der Waals surface area contributed by atoms with Crippen molar-refractivity contribution in [2.75, 3.05) is 0 Å². The van der Waals surface area contributed by atoms with Gasteiger partial charge in [-0.05, 0) is 24.9 Å². The Hall–Kier alpha value is -1.35. The van der Waals surface area contributed by atoms with E-state index in [4.69, 9.17) is 4.74 Å². The molecule has 9 heteroatoms. The van der Waals surface area contributed by atoms with Gasteiger partial charge >= 0.3 is 6.36 Å². The molecule has 0 amide bonds. The molecule has 4 nitrogen and oxygen atoms in total. The Morgan fingerprint density at radius 1 is 1.30 bits per heavy atom. The Morgan fingerprint density at radius 2 is 2.05 bits per heavy atom. The van der Waals surface area contributed by atoms with E-state index in [2.05, 4.69) is 38.6 Å². The van der Waals surface area contributed by atoms with Gasteiger partial charge in [0.2, 0.25) is 5.88 Å². The molecule has 0 aliphatic carbocycles. The highest BCUT2D eigenvalue weighted by Gasteiger charge is 2.32. The molecule has 2 aromatic rings. The quantitative estimate of drug-likeness (QED) is 0.833. The second-order valence-corrected chi connectivity index (χ2v) is 4.89. The summed E-state index contributed by atoms with van der Waals surface area (Å²) in [5, 5.41) is 3.84. The van der Waals surface area contributed by atoms with Gasteiger partial charge in [-0.15, -0.1) is 18.3 Å². The maximum Gasteiger partial charge on any atom is 0.573 e. The minimum Gasteiger partial charge on any atom is -0.472 e. The van der Waals surface area contributed by atoms with Gasteiger partial charge in [0, 0.05) is 22.3 Å². The number of ether oxygens (including phenoxy) is 2. The van der Waals surface area contributed by atoms with Crippen molar-refractivity contribution in [3.8, 4) is 11.6 Å². The Morgan fingerprint density at radius 3 is 2.65 bits per heavy atom. The molecule has 0 bridgehead atoms. The number of hydrogen-bond acceptors (Lipinski definition) is 4. The van der Waals surface area contributed by atoms with Crippen LogP contribution in [0.2, 0.25) is 0 Å². The molecule has 0 atom stereocenters. The van der Waals surface area contributed by atoms with Crippen LogP contribution in [0.4, 0.5) is 13.2 Å². The molecule has 0 saturated heterocycles. The van der Waals surface area contributed by atoms with Crippen LogP contribution in [0, 0.1) is 0 Å². The summed E-state index contributed by atoms with van der Waals surface area (Å²) in [6.07, 6.45) is -3.23. The lowest BCUT2D eigenvalue weighted by Gasteiger charge is -2.14. The minimum absolute atomic E-state index is 0.127. The first-order chi connectivity index (χ1) is 9.35. The highest BCUT2D eigenvalue weighted by atomic mass is 79.9. The summed E-state index contributed by atoms with van der Waals surface area (Å²) in [4.78, 5) is 0. The van der Waals surface area contributed by atoms with E-state index in [0.717, 1.165) is 0 Å². The zero-order valence-corrected chi connectivity index (χ0v) is 12.2. The summed E-state index contributed by atoms with van der Waals surface area (Å²) in [6, 6.07) is 5.79. The van der Waals surface area contributed by atoms with Gasteiger partial charge in [0.1, 0.15) is 12.4 Å². The number of hydrogen-bond donors (Lipinski definition) is 1. The van der Waals surface area contributed by atoms with Crippen molar-refractivity contribution in [2.24, 2.45) is 0 Å². The SMILES string of the molecule is FC(F)(F)Oc1cccc(Br)c1COc1ccn(S)n1. The summed E-state index contributed by atoms with van der Waals surface area (Å²) in [5.74, 6) is -0.0779. The fourth-order valence-corrected chi connectivity index (χ4v) is 2.04. The fourth-order valence-electron chi connectivity index (χ4n) is 1.42. The van der Waals surface area contributed by atoms with Gasteiger partial charge in [-0.2, -0.15) is 0 Å². The number of halogens is 4. The van der Waals surface area contributed by atoms with Crippen LogP contribution in [0.3, 0.4) is 0 Å². The highest BCUT2D eigenvalue weighted by molar-refractivity contribution is 9.10. The number of aromatic nitrogens is 2. The van der Waals surface area contributed by atoms with Gasteiger partial charge in [-0.3, -0.25) is 0 Å². The molecule has 1 aromatic carbocycles. The van der Waals surface area contributed by atoms with E-state index >= 15 is 0 Å². The van der Waals surface area contributed by atoms with Crippen LogP contribution in [-0.4, -0.2) is 15.5 Å². The van der Waals surface area contributed by atoms with Crippen molar-refractivity contribution in [3.63, 3.8) is 0 Å². The molecule has 0 fully saturated rings. The smallest absolute Gasteiger partial charge is 0.472 e. The monoisotopic (exact) mass is 368 g/mol. The molecule has 1 aromatic heterocycles.